The van der Waals surface area contributed by atoms with Crippen LogP contribution in [0.5, 0.6) is 0 Å². The Morgan fingerprint density at radius 1 is 1.50 bits per heavy atom. The Balaban J connectivity index is 2.55. The molecule has 0 amide bonds. The number of hydrogen-bond donors (Lipinski definition) is 1. The molecule has 0 radical (unpaired) electrons. The van der Waals surface area contributed by atoms with Crippen LogP contribution in [0.1, 0.15) is 0 Å². The number of aromatic nitrogens is 2. The van der Waals surface area contributed by atoms with Gasteiger partial charge in [0.05, 0.1) is 12.2 Å². The molecule has 12 heavy (non-hydrogen) atoms. The van der Waals surface area contributed by atoms with E-state index in [1.807, 2.05) is 25.5 Å². The Kier molecular flexibility index (Phi) is 1.80. The van der Waals surface area contributed by atoms with Crippen LogP contribution >= 0.6 is 0 Å². The predicted molar refractivity (Wildman–Crippen MR) is 48.8 cm³/mol. The summed E-state index contributed by atoms with van der Waals surface area (Å²) in [5.74, 6) is 0. The summed E-state index contributed by atoms with van der Waals surface area (Å²) >= 11 is 0. The molecule has 0 fully saturated rings. The van der Waals surface area contributed by atoms with Gasteiger partial charge in [-0.15, -0.1) is 0 Å². The number of rotatable bonds is 2. The van der Waals surface area contributed by atoms with Gasteiger partial charge in [-0.1, -0.05) is 0 Å². The molecule has 62 valence electrons. The van der Waals surface area contributed by atoms with Gasteiger partial charge in [-0.25, -0.2) is 0 Å². The fraction of sp³-hybridized carbons (Fsp3) is 0.222. The van der Waals surface area contributed by atoms with Crippen LogP contribution in [-0.4, -0.2) is 16.6 Å². The standard InChI is InChI=1S/C9H11N3/c1-10-7-12-5-3-8-6-11-4-2-9(8)12/h2-6,10H,7H2,1H3. The molecule has 0 saturated carbocycles. The number of pyridine rings is 1. The maximum atomic E-state index is 4.05. The lowest BCUT2D eigenvalue weighted by atomic mass is 10.3. The van der Waals surface area contributed by atoms with E-state index in [9.17, 15) is 0 Å². The fourth-order valence-electron chi connectivity index (χ4n) is 1.35. The maximum absolute atomic E-state index is 4.05. The smallest absolute Gasteiger partial charge is 0.0723 e. The highest BCUT2D eigenvalue weighted by Gasteiger charge is 1.97. The van der Waals surface area contributed by atoms with Crippen molar-refractivity contribution in [2.45, 2.75) is 6.67 Å². The first kappa shape index (κ1) is 7.31. The Bertz CT molecular complexity index is 378. The van der Waals surface area contributed by atoms with Crippen molar-refractivity contribution in [3.8, 4) is 0 Å². The molecule has 0 spiro atoms. The fourth-order valence-corrected chi connectivity index (χ4v) is 1.35. The molecule has 1 N–H and O–H groups in total. The zero-order valence-electron chi connectivity index (χ0n) is 6.99. The number of hydrogen-bond acceptors (Lipinski definition) is 2. The van der Waals surface area contributed by atoms with Gasteiger partial charge < -0.3 is 9.88 Å². The van der Waals surface area contributed by atoms with E-state index in [1.165, 1.54) is 10.9 Å². The van der Waals surface area contributed by atoms with E-state index in [2.05, 4.69) is 27.1 Å². The summed E-state index contributed by atoms with van der Waals surface area (Å²) in [6.45, 7) is 0.841. The van der Waals surface area contributed by atoms with Gasteiger partial charge in [0.25, 0.3) is 0 Å². The number of nitrogens with zero attached hydrogens (tertiary/aromatic N) is 2. The van der Waals surface area contributed by atoms with Crippen LogP contribution in [0.15, 0.2) is 30.7 Å². The minimum Gasteiger partial charge on any atom is -0.334 e. The zero-order chi connectivity index (χ0) is 8.39. The van der Waals surface area contributed by atoms with E-state index in [4.69, 9.17) is 0 Å². The monoisotopic (exact) mass is 161 g/mol. The lowest BCUT2D eigenvalue weighted by molar-refractivity contribution is 0.637. The quantitative estimate of drug-likeness (QED) is 0.717. The SMILES string of the molecule is CNCn1ccc2cnccc21. The highest BCUT2D eigenvalue weighted by molar-refractivity contribution is 5.78. The van der Waals surface area contributed by atoms with Crippen LogP contribution in [0.2, 0.25) is 0 Å². The van der Waals surface area contributed by atoms with E-state index < -0.39 is 0 Å². The molecule has 2 heterocycles. The van der Waals surface area contributed by atoms with Crippen molar-refractivity contribution in [2.24, 2.45) is 0 Å². The van der Waals surface area contributed by atoms with Gasteiger partial charge in [0.1, 0.15) is 0 Å². The van der Waals surface area contributed by atoms with Crippen molar-refractivity contribution in [3.63, 3.8) is 0 Å². The molecule has 2 aromatic heterocycles. The predicted octanol–water partition coefficient (Wildman–Crippen LogP) is 1.21. The van der Waals surface area contributed by atoms with Gasteiger partial charge in [0, 0.05) is 24.0 Å². The first-order valence-electron chi connectivity index (χ1n) is 3.95. The van der Waals surface area contributed by atoms with Gasteiger partial charge in [0.2, 0.25) is 0 Å². The van der Waals surface area contributed by atoms with E-state index >= 15 is 0 Å². The van der Waals surface area contributed by atoms with Crippen molar-refractivity contribution in [1.29, 1.82) is 0 Å². The molecule has 0 aliphatic heterocycles. The lowest BCUT2D eigenvalue weighted by Crippen LogP contribution is -2.11. The second-order valence-electron chi connectivity index (χ2n) is 2.73. The van der Waals surface area contributed by atoms with Crippen LogP contribution in [0.25, 0.3) is 10.9 Å². The van der Waals surface area contributed by atoms with Crippen LogP contribution in [0.4, 0.5) is 0 Å². The third-order valence-electron chi connectivity index (χ3n) is 1.90. The average Bonchev–Trinajstić information content (AvgIpc) is 2.50. The highest BCUT2D eigenvalue weighted by Crippen LogP contribution is 2.12. The molecule has 2 aromatic rings. The normalized spacial score (nSPS) is 10.8. The molecule has 2 rings (SSSR count). The van der Waals surface area contributed by atoms with E-state index in [0.29, 0.717) is 0 Å². The molecule has 3 heteroatoms. The summed E-state index contributed by atoms with van der Waals surface area (Å²) in [6.07, 6.45) is 5.75. The van der Waals surface area contributed by atoms with Crippen molar-refractivity contribution < 1.29 is 0 Å². The molecular formula is C9H11N3. The Hall–Kier alpha value is -1.35. The Morgan fingerprint density at radius 2 is 2.42 bits per heavy atom. The molecule has 0 aromatic carbocycles. The largest absolute Gasteiger partial charge is 0.334 e. The van der Waals surface area contributed by atoms with Crippen molar-refractivity contribution in [1.82, 2.24) is 14.9 Å². The van der Waals surface area contributed by atoms with Crippen molar-refractivity contribution in [2.75, 3.05) is 7.05 Å². The topological polar surface area (TPSA) is 29.9 Å². The summed E-state index contributed by atoms with van der Waals surface area (Å²) in [4.78, 5) is 4.05. The van der Waals surface area contributed by atoms with Gasteiger partial charge in [-0.05, 0) is 19.2 Å². The van der Waals surface area contributed by atoms with Gasteiger partial charge >= 0.3 is 0 Å². The van der Waals surface area contributed by atoms with Crippen molar-refractivity contribution >= 4 is 10.9 Å². The second kappa shape index (κ2) is 2.95. The summed E-state index contributed by atoms with van der Waals surface area (Å²) < 4.78 is 2.15. The molecule has 0 aliphatic rings. The molecule has 3 nitrogen and oxygen atoms in total. The number of nitrogens with one attached hydrogen (secondary N) is 1. The minimum atomic E-state index is 0.841. The average molecular weight is 161 g/mol. The lowest BCUT2D eigenvalue weighted by Gasteiger charge is -2.02. The first-order valence-corrected chi connectivity index (χ1v) is 3.95. The van der Waals surface area contributed by atoms with Gasteiger partial charge in [-0.3, -0.25) is 4.98 Å². The molecule has 0 aliphatic carbocycles. The second-order valence-corrected chi connectivity index (χ2v) is 2.73. The highest BCUT2D eigenvalue weighted by atomic mass is 15.1. The molecule has 0 saturated heterocycles. The van der Waals surface area contributed by atoms with Crippen LogP contribution < -0.4 is 5.32 Å². The summed E-state index contributed by atoms with van der Waals surface area (Å²) in [6, 6.07) is 4.09. The van der Waals surface area contributed by atoms with E-state index in [0.717, 1.165) is 6.67 Å². The third-order valence-corrected chi connectivity index (χ3v) is 1.90. The van der Waals surface area contributed by atoms with E-state index in [-0.39, 0.29) is 0 Å². The van der Waals surface area contributed by atoms with E-state index in [1.54, 1.807) is 0 Å². The van der Waals surface area contributed by atoms with Gasteiger partial charge in [0.15, 0.2) is 0 Å². The third kappa shape index (κ3) is 1.08. The van der Waals surface area contributed by atoms with Crippen molar-refractivity contribution in [3.05, 3.63) is 30.7 Å². The Morgan fingerprint density at radius 3 is 3.25 bits per heavy atom. The zero-order valence-corrected chi connectivity index (χ0v) is 6.99. The van der Waals surface area contributed by atoms with Crippen LogP contribution in [-0.2, 0) is 6.67 Å². The van der Waals surface area contributed by atoms with Crippen LogP contribution in [0, 0.1) is 0 Å². The van der Waals surface area contributed by atoms with Crippen LogP contribution in [0.3, 0.4) is 0 Å². The Labute approximate surface area is 71.0 Å². The maximum Gasteiger partial charge on any atom is 0.0723 e. The number of fused-ring (bicyclic) bond motifs is 1. The van der Waals surface area contributed by atoms with Gasteiger partial charge in [-0.2, -0.15) is 0 Å². The molecule has 0 atom stereocenters. The molecular weight excluding hydrogens is 150 g/mol. The first-order chi connectivity index (χ1) is 5.92. The minimum absolute atomic E-state index is 0.841. The summed E-state index contributed by atoms with van der Waals surface area (Å²) in [5, 5.41) is 4.29. The molecule has 0 unspecified atom stereocenters. The molecule has 0 bridgehead atoms. The summed E-state index contributed by atoms with van der Waals surface area (Å²) in [5.41, 5.74) is 1.22. The summed E-state index contributed by atoms with van der Waals surface area (Å²) in [7, 11) is 1.94.